The molecule has 0 aromatic carbocycles. The summed E-state index contributed by atoms with van der Waals surface area (Å²) in [5.41, 5.74) is 6.63. The summed E-state index contributed by atoms with van der Waals surface area (Å²) >= 11 is 0. The highest BCUT2D eigenvalue weighted by Gasteiger charge is 2.35. The summed E-state index contributed by atoms with van der Waals surface area (Å²) in [5.74, 6) is -2.63. The van der Waals surface area contributed by atoms with Crippen LogP contribution in [-0.4, -0.2) is 85.6 Å². The zero-order valence-corrected chi connectivity index (χ0v) is 18.5. The summed E-state index contributed by atoms with van der Waals surface area (Å²) in [4.78, 5) is 75.9. The van der Waals surface area contributed by atoms with Crippen molar-refractivity contribution in [2.24, 2.45) is 5.73 Å². The quantitative estimate of drug-likeness (QED) is 0.200. The Morgan fingerprint density at radius 2 is 1.71 bits per heavy atom. The molecule has 0 saturated carbocycles. The van der Waals surface area contributed by atoms with Crippen LogP contribution in [0.1, 0.15) is 24.7 Å². The van der Waals surface area contributed by atoms with Crippen molar-refractivity contribution in [1.29, 1.82) is 0 Å². The highest BCUT2D eigenvalue weighted by Crippen LogP contribution is 2.12. The molecule has 14 heteroatoms. The Labute approximate surface area is 194 Å². The zero-order chi connectivity index (χ0) is 24.7. The van der Waals surface area contributed by atoms with E-state index < -0.39 is 47.7 Å². The number of imidazole rings is 2. The monoisotopic (exact) mass is 473 g/mol. The van der Waals surface area contributed by atoms with Crippen LogP contribution in [0.4, 0.5) is 0 Å². The molecule has 1 fully saturated rings. The van der Waals surface area contributed by atoms with Gasteiger partial charge in [-0.25, -0.2) is 9.97 Å². The number of nitrogens with zero attached hydrogens (tertiary/aromatic N) is 3. The van der Waals surface area contributed by atoms with Gasteiger partial charge in [0.1, 0.15) is 18.1 Å². The molecule has 0 aliphatic carbocycles. The smallest absolute Gasteiger partial charge is 0.245 e. The third-order valence-corrected chi connectivity index (χ3v) is 5.28. The fourth-order valence-corrected chi connectivity index (χ4v) is 3.63. The van der Waals surface area contributed by atoms with Crippen molar-refractivity contribution in [2.45, 2.75) is 44.3 Å². The third-order valence-electron chi connectivity index (χ3n) is 5.28. The molecule has 0 spiro atoms. The van der Waals surface area contributed by atoms with Crippen molar-refractivity contribution in [1.82, 2.24) is 40.8 Å². The van der Waals surface area contributed by atoms with Crippen molar-refractivity contribution >= 4 is 29.5 Å². The van der Waals surface area contributed by atoms with E-state index in [0.29, 0.717) is 17.8 Å². The summed E-state index contributed by atoms with van der Waals surface area (Å²) in [5, 5.41) is 7.73. The molecule has 1 unspecified atom stereocenters. The van der Waals surface area contributed by atoms with Crippen LogP contribution >= 0.6 is 0 Å². The van der Waals surface area contributed by atoms with E-state index in [9.17, 15) is 24.0 Å². The lowest BCUT2D eigenvalue weighted by Crippen LogP contribution is -2.53. The number of H-pyrrole nitrogens is 2. The van der Waals surface area contributed by atoms with E-state index in [0.717, 1.165) is 0 Å². The van der Waals surface area contributed by atoms with Gasteiger partial charge >= 0.3 is 0 Å². The van der Waals surface area contributed by atoms with Gasteiger partial charge in [0.2, 0.25) is 29.5 Å². The first-order valence-electron chi connectivity index (χ1n) is 10.6. The molecule has 0 radical (unpaired) electrons. The lowest BCUT2D eigenvalue weighted by atomic mass is 10.1. The summed E-state index contributed by atoms with van der Waals surface area (Å²) in [6, 6.07) is -2.71. The summed E-state index contributed by atoms with van der Waals surface area (Å²) in [6.07, 6.45) is 6.55. The maximum Gasteiger partial charge on any atom is 0.245 e. The minimum atomic E-state index is -0.970. The van der Waals surface area contributed by atoms with Crippen molar-refractivity contribution < 1.29 is 24.0 Å². The van der Waals surface area contributed by atoms with Gasteiger partial charge in [0, 0.05) is 50.1 Å². The average Bonchev–Trinajstić information content (AvgIpc) is 3.53. The molecular weight excluding hydrogens is 446 g/mol. The fourth-order valence-electron chi connectivity index (χ4n) is 3.63. The van der Waals surface area contributed by atoms with E-state index in [1.54, 1.807) is 0 Å². The maximum absolute atomic E-state index is 12.7. The zero-order valence-electron chi connectivity index (χ0n) is 18.5. The first-order chi connectivity index (χ1) is 16.2. The fraction of sp³-hybridized carbons (Fsp3) is 0.450. The van der Waals surface area contributed by atoms with E-state index in [4.69, 9.17) is 5.73 Å². The number of amides is 5. The minimum Gasteiger partial charge on any atom is -0.368 e. The summed E-state index contributed by atoms with van der Waals surface area (Å²) < 4.78 is 0. The van der Waals surface area contributed by atoms with Crippen LogP contribution < -0.4 is 21.7 Å². The molecule has 14 nitrogen and oxygen atoms in total. The Hall–Kier alpha value is -4.23. The van der Waals surface area contributed by atoms with Crippen molar-refractivity contribution in [3.05, 3.63) is 36.4 Å². The Bertz CT molecular complexity index is 1020. The molecule has 3 atom stereocenters. The number of carbonyl (C=O) groups is 5. The molecule has 1 saturated heterocycles. The number of carbonyl (C=O) groups excluding carboxylic acids is 5. The van der Waals surface area contributed by atoms with Crippen molar-refractivity contribution in [3.8, 4) is 0 Å². The molecule has 1 aliphatic rings. The Kier molecular flexibility index (Phi) is 7.95. The van der Waals surface area contributed by atoms with Crippen LogP contribution in [0.15, 0.2) is 25.0 Å². The van der Waals surface area contributed by atoms with Crippen LogP contribution in [0.3, 0.4) is 0 Å². The van der Waals surface area contributed by atoms with E-state index >= 15 is 0 Å². The standard InChI is InChI=1S/C20H27N9O5/c1-11(30)26-16(5-13-7-23-10-25-13)19(33)28-14-2-3-29(20(14)34)8-17(31)27-15(18(21)32)4-12-6-22-9-24-12/h6-7,9-10,14-16H,2-5,8H2,1H3,(H2,21,32)(H,22,24)(H,23,25)(H,26,30)(H,27,31)(H,28,33)/t14?,15-,16-/m0/s1. The van der Waals surface area contributed by atoms with Crippen LogP contribution in [0.25, 0.3) is 0 Å². The minimum absolute atomic E-state index is 0.134. The summed E-state index contributed by atoms with van der Waals surface area (Å²) in [6.45, 7) is 1.24. The first-order valence-corrected chi connectivity index (χ1v) is 10.6. The number of nitrogens with one attached hydrogen (secondary N) is 5. The Balaban J connectivity index is 1.53. The molecule has 1 aliphatic heterocycles. The van der Waals surface area contributed by atoms with Gasteiger partial charge in [0.05, 0.1) is 19.2 Å². The number of likely N-dealkylation sites (tertiary alicyclic amines) is 1. The molecule has 7 N–H and O–H groups in total. The van der Waals surface area contributed by atoms with Crippen LogP contribution in [0.2, 0.25) is 0 Å². The van der Waals surface area contributed by atoms with Gasteiger partial charge in [0.15, 0.2) is 0 Å². The highest BCUT2D eigenvalue weighted by molar-refractivity contribution is 5.95. The Morgan fingerprint density at radius 3 is 2.24 bits per heavy atom. The van der Waals surface area contributed by atoms with Gasteiger partial charge in [0.25, 0.3) is 0 Å². The van der Waals surface area contributed by atoms with E-state index in [-0.39, 0.29) is 25.9 Å². The predicted octanol–water partition coefficient (Wildman–Crippen LogP) is -2.89. The number of aromatic amines is 2. The lowest BCUT2D eigenvalue weighted by molar-refractivity contribution is -0.136. The number of rotatable bonds is 11. The van der Waals surface area contributed by atoms with Gasteiger partial charge < -0.3 is 36.6 Å². The van der Waals surface area contributed by atoms with Gasteiger partial charge in [-0.15, -0.1) is 0 Å². The molecule has 2 aromatic rings. The molecule has 34 heavy (non-hydrogen) atoms. The predicted molar refractivity (Wildman–Crippen MR) is 116 cm³/mol. The van der Waals surface area contributed by atoms with E-state index in [1.807, 2.05) is 0 Å². The van der Waals surface area contributed by atoms with Crippen molar-refractivity contribution in [3.63, 3.8) is 0 Å². The normalized spacial score (nSPS) is 17.1. The molecule has 0 bridgehead atoms. The molecule has 3 heterocycles. The lowest BCUT2D eigenvalue weighted by Gasteiger charge is -2.21. The second kappa shape index (κ2) is 11.1. The van der Waals surface area contributed by atoms with Gasteiger partial charge in [-0.05, 0) is 6.42 Å². The van der Waals surface area contributed by atoms with E-state index in [2.05, 4.69) is 35.9 Å². The van der Waals surface area contributed by atoms with Crippen LogP contribution in [0.5, 0.6) is 0 Å². The molecular formula is C20H27N9O5. The SMILES string of the molecule is CC(=O)N[C@@H](Cc1cnc[nH]1)C(=O)NC1CCN(CC(=O)N[C@@H](Cc2cnc[nH]2)C(N)=O)C1=O. The van der Waals surface area contributed by atoms with Crippen LogP contribution in [-0.2, 0) is 36.8 Å². The topological polar surface area (TPSA) is 208 Å². The first kappa shape index (κ1) is 24.4. The summed E-state index contributed by atoms with van der Waals surface area (Å²) in [7, 11) is 0. The van der Waals surface area contributed by atoms with Gasteiger partial charge in [-0.1, -0.05) is 0 Å². The molecule has 3 rings (SSSR count). The number of hydrogen-bond donors (Lipinski definition) is 6. The van der Waals surface area contributed by atoms with Crippen LogP contribution in [0, 0.1) is 0 Å². The maximum atomic E-state index is 12.7. The average molecular weight is 473 g/mol. The largest absolute Gasteiger partial charge is 0.368 e. The number of primary amides is 1. The second-order valence-corrected chi connectivity index (χ2v) is 7.95. The van der Waals surface area contributed by atoms with Gasteiger partial charge in [-0.2, -0.15) is 0 Å². The van der Waals surface area contributed by atoms with E-state index in [1.165, 1.54) is 36.9 Å². The molecule has 2 aromatic heterocycles. The highest BCUT2D eigenvalue weighted by atomic mass is 16.2. The third kappa shape index (κ3) is 6.63. The second-order valence-electron chi connectivity index (χ2n) is 7.95. The molecule has 5 amide bonds. The number of hydrogen-bond acceptors (Lipinski definition) is 7. The number of aromatic nitrogens is 4. The van der Waals surface area contributed by atoms with Gasteiger partial charge in [-0.3, -0.25) is 24.0 Å². The number of nitrogens with two attached hydrogens (primary N) is 1. The molecule has 182 valence electrons. The Morgan fingerprint density at radius 1 is 1.09 bits per heavy atom. The van der Waals surface area contributed by atoms with Crippen molar-refractivity contribution in [2.75, 3.05) is 13.1 Å².